The molecule has 33 heavy (non-hydrogen) atoms. The fourth-order valence-corrected chi connectivity index (χ4v) is 4.16. The molecule has 170 valence electrons. The highest BCUT2D eigenvalue weighted by Gasteiger charge is 2.26. The third kappa shape index (κ3) is 5.37. The highest BCUT2D eigenvalue weighted by Crippen LogP contribution is 2.22. The summed E-state index contributed by atoms with van der Waals surface area (Å²) < 4.78 is 0. The van der Waals surface area contributed by atoms with Crippen molar-refractivity contribution in [3.63, 3.8) is 0 Å². The molecular formula is C26H29N5O2. The smallest absolute Gasteiger partial charge is 0.252 e. The van der Waals surface area contributed by atoms with Gasteiger partial charge in [0.1, 0.15) is 5.82 Å². The Balaban J connectivity index is 1.34. The van der Waals surface area contributed by atoms with Crippen LogP contribution in [0.15, 0.2) is 60.8 Å². The molecule has 3 aromatic rings. The molecule has 0 bridgehead atoms. The number of nitrogens with one attached hydrogen (secondary N) is 2. The minimum absolute atomic E-state index is 0.0361. The SMILES string of the molecule is CNC(=O)c1ccc(-c2ccc(CNC(=O)[C@H]3CCCN(c4ccccn4)C3)cc2)nc1C. The second-order valence-electron chi connectivity index (χ2n) is 8.30. The molecule has 0 unspecified atom stereocenters. The van der Waals surface area contributed by atoms with E-state index in [1.54, 1.807) is 19.3 Å². The van der Waals surface area contributed by atoms with Crippen LogP contribution in [-0.2, 0) is 11.3 Å². The van der Waals surface area contributed by atoms with E-state index in [4.69, 9.17) is 0 Å². The zero-order valence-corrected chi connectivity index (χ0v) is 19.0. The van der Waals surface area contributed by atoms with Crippen molar-refractivity contribution < 1.29 is 9.59 Å². The number of hydrogen-bond acceptors (Lipinski definition) is 5. The van der Waals surface area contributed by atoms with Crippen LogP contribution in [0.5, 0.6) is 0 Å². The number of piperidine rings is 1. The fourth-order valence-electron chi connectivity index (χ4n) is 4.16. The third-order valence-corrected chi connectivity index (χ3v) is 6.04. The second-order valence-corrected chi connectivity index (χ2v) is 8.30. The number of carbonyl (C=O) groups is 2. The Labute approximate surface area is 194 Å². The molecule has 1 aliphatic rings. The number of nitrogens with zero attached hydrogens (tertiary/aromatic N) is 3. The largest absolute Gasteiger partial charge is 0.356 e. The van der Waals surface area contributed by atoms with Gasteiger partial charge in [-0.05, 0) is 49.6 Å². The Kier molecular flexibility index (Phi) is 6.98. The number of aryl methyl sites for hydroxylation is 1. The molecule has 3 heterocycles. The van der Waals surface area contributed by atoms with E-state index >= 15 is 0 Å². The van der Waals surface area contributed by atoms with E-state index < -0.39 is 0 Å². The summed E-state index contributed by atoms with van der Waals surface area (Å²) in [7, 11) is 1.61. The van der Waals surface area contributed by atoms with Gasteiger partial charge in [0.15, 0.2) is 0 Å². The van der Waals surface area contributed by atoms with Crippen molar-refractivity contribution in [1.82, 2.24) is 20.6 Å². The van der Waals surface area contributed by atoms with E-state index in [-0.39, 0.29) is 17.7 Å². The lowest BCUT2D eigenvalue weighted by Crippen LogP contribution is -2.43. The maximum Gasteiger partial charge on any atom is 0.252 e. The molecule has 0 aliphatic carbocycles. The van der Waals surface area contributed by atoms with Crippen LogP contribution < -0.4 is 15.5 Å². The number of aromatic nitrogens is 2. The molecular weight excluding hydrogens is 414 g/mol. The van der Waals surface area contributed by atoms with Crippen molar-refractivity contribution in [2.45, 2.75) is 26.3 Å². The standard InChI is InChI=1S/C26H29N5O2/c1-18-22(26(33)27-2)12-13-23(30-18)20-10-8-19(9-11-20)16-29-25(32)21-6-5-15-31(17-21)24-7-3-4-14-28-24/h3-4,7-14,21H,5-6,15-17H2,1-2H3,(H,27,33)(H,29,32)/t21-/m0/s1. The monoisotopic (exact) mass is 443 g/mol. The van der Waals surface area contributed by atoms with Gasteiger partial charge in [0.25, 0.3) is 5.91 Å². The van der Waals surface area contributed by atoms with Gasteiger partial charge < -0.3 is 15.5 Å². The third-order valence-electron chi connectivity index (χ3n) is 6.04. The van der Waals surface area contributed by atoms with E-state index in [0.29, 0.717) is 24.3 Å². The molecule has 1 saturated heterocycles. The first-order valence-corrected chi connectivity index (χ1v) is 11.3. The molecule has 7 heteroatoms. The van der Waals surface area contributed by atoms with Gasteiger partial charge in [-0.1, -0.05) is 30.3 Å². The first kappa shape index (κ1) is 22.5. The minimum atomic E-state index is -0.140. The first-order valence-electron chi connectivity index (χ1n) is 11.3. The van der Waals surface area contributed by atoms with Crippen molar-refractivity contribution in [3.8, 4) is 11.3 Å². The number of rotatable bonds is 6. The number of anilines is 1. The van der Waals surface area contributed by atoms with Crippen LogP contribution in [0.4, 0.5) is 5.82 Å². The second kappa shape index (κ2) is 10.3. The van der Waals surface area contributed by atoms with Crippen molar-refractivity contribution >= 4 is 17.6 Å². The van der Waals surface area contributed by atoms with Crippen molar-refractivity contribution in [2.24, 2.45) is 5.92 Å². The molecule has 4 rings (SSSR count). The highest BCUT2D eigenvalue weighted by atomic mass is 16.2. The molecule has 2 N–H and O–H groups in total. The number of hydrogen-bond donors (Lipinski definition) is 2. The molecule has 1 fully saturated rings. The maximum absolute atomic E-state index is 12.8. The lowest BCUT2D eigenvalue weighted by Gasteiger charge is -2.32. The van der Waals surface area contributed by atoms with E-state index in [0.717, 1.165) is 42.0 Å². The summed E-state index contributed by atoms with van der Waals surface area (Å²) in [6.45, 7) is 3.94. The predicted octanol–water partition coefficient (Wildman–Crippen LogP) is 3.34. The highest BCUT2D eigenvalue weighted by molar-refractivity contribution is 5.95. The Hall–Kier alpha value is -3.74. The zero-order valence-electron chi connectivity index (χ0n) is 19.0. The van der Waals surface area contributed by atoms with Crippen LogP contribution >= 0.6 is 0 Å². The van der Waals surface area contributed by atoms with Crippen LogP contribution in [0.25, 0.3) is 11.3 Å². The van der Waals surface area contributed by atoms with E-state index in [2.05, 4.69) is 25.5 Å². The average Bonchev–Trinajstić information content (AvgIpc) is 2.87. The van der Waals surface area contributed by atoms with Crippen molar-refractivity contribution in [3.05, 3.63) is 77.6 Å². The van der Waals surface area contributed by atoms with Crippen molar-refractivity contribution in [2.75, 3.05) is 25.0 Å². The topological polar surface area (TPSA) is 87.2 Å². The lowest BCUT2D eigenvalue weighted by atomic mass is 9.97. The lowest BCUT2D eigenvalue weighted by molar-refractivity contribution is -0.125. The molecule has 2 amide bonds. The Morgan fingerprint density at radius 3 is 2.61 bits per heavy atom. The van der Waals surface area contributed by atoms with Gasteiger partial charge in [-0.25, -0.2) is 4.98 Å². The molecule has 1 aliphatic heterocycles. The Bertz CT molecular complexity index is 1120. The summed E-state index contributed by atoms with van der Waals surface area (Å²) in [6.07, 6.45) is 3.66. The normalized spacial score (nSPS) is 15.7. The summed E-state index contributed by atoms with van der Waals surface area (Å²) in [5.41, 5.74) is 4.07. The average molecular weight is 444 g/mol. The van der Waals surface area contributed by atoms with Gasteiger partial charge in [-0.2, -0.15) is 0 Å². The van der Waals surface area contributed by atoms with E-state index in [1.807, 2.05) is 55.5 Å². The van der Waals surface area contributed by atoms with Crippen LogP contribution in [0.3, 0.4) is 0 Å². The predicted molar refractivity (Wildman–Crippen MR) is 129 cm³/mol. The molecule has 7 nitrogen and oxygen atoms in total. The number of amides is 2. The summed E-state index contributed by atoms with van der Waals surface area (Å²) in [5, 5.41) is 5.72. The van der Waals surface area contributed by atoms with Gasteiger partial charge in [0, 0.05) is 38.4 Å². The maximum atomic E-state index is 12.8. The Morgan fingerprint density at radius 2 is 1.91 bits per heavy atom. The first-order chi connectivity index (χ1) is 16.0. The Morgan fingerprint density at radius 1 is 1.09 bits per heavy atom. The number of pyridine rings is 2. The molecule has 0 spiro atoms. The van der Waals surface area contributed by atoms with Gasteiger partial charge in [0.05, 0.1) is 22.9 Å². The van der Waals surface area contributed by atoms with Crippen LogP contribution in [-0.4, -0.2) is 41.9 Å². The van der Waals surface area contributed by atoms with Gasteiger partial charge in [-0.15, -0.1) is 0 Å². The molecule has 2 aromatic heterocycles. The van der Waals surface area contributed by atoms with Gasteiger partial charge in [-0.3, -0.25) is 14.6 Å². The van der Waals surface area contributed by atoms with E-state index in [1.165, 1.54) is 0 Å². The summed E-state index contributed by atoms with van der Waals surface area (Å²) in [6, 6.07) is 17.5. The molecule has 1 atom stereocenters. The summed E-state index contributed by atoms with van der Waals surface area (Å²) in [4.78, 5) is 35.8. The number of carbonyl (C=O) groups excluding carboxylic acids is 2. The molecule has 1 aromatic carbocycles. The van der Waals surface area contributed by atoms with Crippen LogP contribution in [0.1, 0.15) is 34.5 Å². The van der Waals surface area contributed by atoms with Gasteiger partial charge in [0.2, 0.25) is 5.91 Å². The summed E-state index contributed by atoms with van der Waals surface area (Å²) >= 11 is 0. The van der Waals surface area contributed by atoms with Gasteiger partial charge >= 0.3 is 0 Å². The minimum Gasteiger partial charge on any atom is -0.356 e. The van der Waals surface area contributed by atoms with Crippen molar-refractivity contribution in [1.29, 1.82) is 0 Å². The molecule has 0 saturated carbocycles. The number of benzene rings is 1. The van der Waals surface area contributed by atoms with Crippen LogP contribution in [0.2, 0.25) is 0 Å². The summed E-state index contributed by atoms with van der Waals surface area (Å²) in [5.74, 6) is 0.837. The zero-order chi connectivity index (χ0) is 23.2. The van der Waals surface area contributed by atoms with Crippen LogP contribution in [0, 0.1) is 12.8 Å². The molecule has 0 radical (unpaired) electrons. The quantitative estimate of drug-likeness (QED) is 0.610. The van der Waals surface area contributed by atoms with E-state index in [9.17, 15) is 9.59 Å². The fraction of sp³-hybridized carbons (Fsp3) is 0.308.